The summed E-state index contributed by atoms with van der Waals surface area (Å²) in [6, 6.07) is 6.18. The highest BCUT2D eigenvalue weighted by Crippen LogP contribution is 2.27. The third kappa shape index (κ3) is 3.90. The quantitative estimate of drug-likeness (QED) is 0.846. The van der Waals surface area contributed by atoms with E-state index in [9.17, 15) is 14.7 Å². The third-order valence-corrected chi connectivity index (χ3v) is 3.53. The molecule has 0 aliphatic heterocycles. The Morgan fingerprint density at radius 1 is 1.30 bits per heavy atom. The summed E-state index contributed by atoms with van der Waals surface area (Å²) in [6.07, 6.45) is 0.799. The van der Waals surface area contributed by atoms with E-state index in [0.29, 0.717) is 36.3 Å². The number of likely N-dealkylation sites (N-methyl/N-ethyl adjacent to an activating group) is 1. The summed E-state index contributed by atoms with van der Waals surface area (Å²) in [5.74, 6) is -0.572. The highest BCUT2D eigenvalue weighted by atomic mass is 16.5. The maximum atomic E-state index is 12.3. The number of aromatic carboxylic acids is 1. The molecule has 2 aromatic rings. The van der Waals surface area contributed by atoms with Gasteiger partial charge >= 0.3 is 5.97 Å². The van der Waals surface area contributed by atoms with Crippen molar-refractivity contribution in [2.45, 2.75) is 19.9 Å². The Morgan fingerprint density at radius 3 is 2.65 bits per heavy atom. The van der Waals surface area contributed by atoms with Crippen LogP contribution in [0.3, 0.4) is 0 Å². The van der Waals surface area contributed by atoms with Crippen LogP contribution in [-0.2, 0) is 6.54 Å². The third-order valence-electron chi connectivity index (χ3n) is 3.53. The van der Waals surface area contributed by atoms with E-state index in [1.807, 2.05) is 25.9 Å². The van der Waals surface area contributed by atoms with Crippen LogP contribution >= 0.6 is 0 Å². The van der Waals surface area contributed by atoms with Crippen LogP contribution in [0.15, 0.2) is 29.1 Å². The first-order valence-corrected chi connectivity index (χ1v) is 7.62. The van der Waals surface area contributed by atoms with Crippen LogP contribution in [0.25, 0.3) is 10.9 Å². The Bertz CT molecular complexity index is 765. The first-order chi connectivity index (χ1) is 10.9. The van der Waals surface area contributed by atoms with Gasteiger partial charge < -0.3 is 19.3 Å². The van der Waals surface area contributed by atoms with E-state index >= 15 is 0 Å². The molecule has 0 bridgehead atoms. The largest absolute Gasteiger partial charge is 0.491 e. The second-order valence-corrected chi connectivity index (χ2v) is 5.69. The van der Waals surface area contributed by atoms with Crippen molar-refractivity contribution in [1.29, 1.82) is 0 Å². The minimum Gasteiger partial charge on any atom is -0.491 e. The number of pyridine rings is 1. The van der Waals surface area contributed by atoms with Crippen molar-refractivity contribution >= 4 is 16.9 Å². The lowest BCUT2D eigenvalue weighted by atomic mass is 10.1. The first kappa shape index (κ1) is 17.0. The lowest BCUT2D eigenvalue weighted by Gasteiger charge is -2.17. The highest BCUT2D eigenvalue weighted by Gasteiger charge is 2.14. The minimum absolute atomic E-state index is 0.122. The van der Waals surface area contributed by atoms with Gasteiger partial charge in [0.1, 0.15) is 5.75 Å². The van der Waals surface area contributed by atoms with Crippen molar-refractivity contribution in [1.82, 2.24) is 9.47 Å². The molecule has 0 saturated carbocycles. The van der Waals surface area contributed by atoms with E-state index < -0.39 is 5.97 Å². The lowest BCUT2D eigenvalue weighted by Crippen LogP contribution is -2.26. The average Bonchev–Trinajstić information content (AvgIpc) is 2.51. The number of benzene rings is 1. The lowest BCUT2D eigenvalue weighted by molar-refractivity contribution is 0.0696. The summed E-state index contributed by atoms with van der Waals surface area (Å²) < 4.78 is 7.37. The van der Waals surface area contributed by atoms with Crippen molar-refractivity contribution in [3.8, 4) is 5.75 Å². The Balaban J connectivity index is 2.66. The van der Waals surface area contributed by atoms with Gasteiger partial charge in [-0.05, 0) is 38.7 Å². The van der Waals surface area contributed by atoms with E-state index in [4.69, 9.17) is 4.74 Å². The number of rotatable bonds is 7. The monoisotopic (exact) mass is 318 g/mol. The molecule has 23 heavy (non-hydrogen) atoms. The van der Waals surface area contributed by atoms with E-state index in [-0.39, 0.29) is 11.1 Å². The number of carbonyl (C=O) groups is 1. The summed E-state index contributed by atoms with van der Waals surface area (Å²) in [7, 11) is 3.88. The molecule has 2 rings (SSSR count). The zero-order valence-electron chi connectivity index (χ0n) is 13.7. The fraction of sp³-hybridized carbons (Fsp3) is 0.412. The van der Waals surface area contributed by atoms with E-state index in [1.165, 1.54) is 12.1 Å². The topological polar surface area (TPSA) is 71.8 Å². The number of hydrogen-bond donors (Lipinski definition) is 1. The molecule has 1 heterocycles. The molecule has 0 aliphatic rings. The van der Waals surface area contributed by atoms with E-state index in [0.717, 1.165) is 6.42 Å². The number of aromatic nitrogens is 1. The SMILES string of the molecule is CCCOc1cc(C(=O)O)cc2ccc(=O)n(CCN(C)C)c12. The highest BCUT2D eigenvalue weighted by molar-refractivity contribution is 5.96. The van der Waals surface area contributed by atoms with Gasteiger partial charge in [-0.1, -0.05) is 6.92 Å². The van der Waals surface area contributed by atoms with Gasteiger partial charge in [0.05, 0.1) is 17.7 Å². The second kappa shape index (κ2) is 7.28. The first-order valence-electron chi connectivity index (χ1n) is 7.62. The van der Waals surface area contributed by atoms with Gasteiger partial charge in [0.2, 0.25) is 0 Å². The maximum Gasteiger partial charge on any atom is 0.335 e. The zero-order chi connectivity index (χ0) is 17.0. The van der Waals surface area contributed by atoms with Gasteiger partial charge in [-0.3, -0.25) is 4.79 Å². The molecule has 0 unspecified atom stereocenters. The predicted molar refractivity (Wildman–Crippen MR) is 89.5 cm³/mol. The summed E-state index contributed by atoms with van der Waals surface area (Å²) in [6.45, 7) is 3.66. The summed E-state index contributed by atoms with van der Waals surface area (Å²) in [5, 5.41) is 9.95. The maximum absolute atomic E-state index is 12.3. The molecule has 0 atom stereocenters. The van der Waals surface area contributed by atoms with Crippen molar-refractivity contribution in [2.75, 3.05) is 27.2 Å². The molecular formula is C17H22N2O4. The fourth-order valence-corrected chi connectivity index (χ4v) is 2.37. The molecule has 1 N–H and O–H groups in total. The van der Waals surface area contributed by atoms with Crippen LogP contribution in [0.5, 0.6) is 5.75 Å². The van der Waals surface area contributed by atoms with E-state index in [1.54, 1.807) is 16.7 Å². The number of carboxylic acids is 1. The normalized spacial score (nSPS) is 11.1. The predicted octanol–water partition coefficient (Wildman–Crippen LogP) is 2.05. The minimum atomic E-state index is -1.01. The number of nitrogens with zero attached hydrogens (tertiary/aromatic N) is 2. The van der Waals surface area contributed by atoms with Gasteiger partial charge in [-0.25, -0.2) is 4.79 Å². The van der Waals surface area contributed by atoms with Crippen LogP contribution in [0, 0.1) is 0 Å². The summed E-state index contributed by atoms with van der Waals surface area (Å²) in [5.41, 5.74) is 0.683. The number of ether oxygens (including phenoxy) is 1. The van der Waals surface area contributed by atoms with Crippen LogP contribution in [0.1, 0.15) is 23.7 Å². The van der Waals surface area contributed by atoms with E-state index in [2.05, 4.69) is 0 Å². The molecule has 124 valence electrons. The summed E-state index contributed by atoms with van der Waals surface area (Å²) >= 11 is 0. The van der Waals surface area contributed by atoms with Crippen molar-refractivity contribution in [2.24, 2.45) is 0 Å². The molecule has 0 fully saturated rings. The number of fused-ring (bicyclic) bond motifs is 1. The van der Waals surface area contributed by atoms with Gasteiger partial charge in [0, 0.05) is 24.5 Å². The Kier molecular flexibility index (Phi) is 5.39. The Hall–Kier alpha value is -2.34. The molecule has 0 aliphatic carbocycles. The molecule has 0 amide bonds. The molecule has 1 aromatic heterocycles. The van der Waals surface area contributed by atoms with Crippen LogP contribution in [0.4, 0.5) is 0 Å². The number of carboxylic acid groups (broad SMARTS) is 1. The molecule has 6 heteroatoms. The average molecular weight is 318 g/mol. The summed E-state index contributed by atoms with van der Waals surface area (Å²) in [4.78, 5) is 25.6. The van der Waals surface area contributed by atoms with Crippen molar-refractivity contribution in [3.63, 3.8) is 0 Å². The molecule has 1 aromatic carbocycles. The zero-order valence-corrected chi connectivity index (χ0v) is 13.7. The van der Waals surface area contributed by atoms with Crippen molar-refractivity contribution < 1.29 is 14.6 Å². The van der Waals surface area contributed by atoms with Gasteiger partial charge in [-0.2, -0.15) is 0 Å². The molecular weight excluding hydrogens is 296 g/mol. The molecule has 0 radical (unpaired) electrons. The molecule has 6 nitrogen and oxygen atoms in total. The van der Waals surface area contributed by atoms with Gasteiger partial charge in [-0.15, -0.1) is 0 Å². The Labute approximate surface area is 134 Å². The van der Waals surface area contributed by atoms with Crippen LogP contribution < -0.4 is 10.3 Å². The Morgan fingerprint density at radius 2 is 2.04 bits per heavy atom. The molecule has 0 spiro atoms. The van der Waals surface area contributed by atoms with Gasteiger partial charge in [0.15, 0.2) is 0 Å². The smallest absolute Gasteiger partial charge is 0.335 e. The number of hydrogen-bond acceptors (Lipinski definition) is 4. The van der Waals surface area contributed by atoms with Crippen LogP contribution in [-0.4, -0.2) is 47.8 Å². The standard InChI is InChI=1S/C17H22N2O4/c1-4-9-23-14-11-13(17(21)22)10-12-5-6-15(20)19(16(12)14)8-7-18(2)3/h5-6,10-11H,4,7-9H2,1-3H3,(H,21,22). The molecule has 0 saturated heterocycles. The van der Waals surface area contributed by atoms with Crippen LogP contribution in [0.2, 0.25) is 0 Å². The second-order valence-electron chi connectivity index (χ2n) is 5.69. The van der Waals surface area contributed by atoms with Crippen molar-refractivity contribution in [3.05, 3.63) is 40.2 Å². The fourth-order valence-electron chi connectivity index (χ4n) is 2.37. The van der Waals surface area contributed by atoms with Gasteiger partial charge in [0.25, 0.3) is 5.56 Å².